The summed E-state index contributed by atoms with van der Waals surface area (Å²) in [6.07, 6.45) is 1.86. The number of allylic oxidation sites excluding steroid dienone is 1. The smallest absolute Gasteiger partial charge is 0.372 e. The highest BCUT2D eigenvalue weighted by molar-refractivity contribution is 7.75. The molecule has 10 heteroatoms. The summed E-state index contributed by atoms with van der Waals surface area (Å²) in [6, 6.07) is 9.62. The molecule has 8 nitrogen and oxygen atoms in total. The maximum absolute atomic E-state index is 13.3. The monoisotopic (exact) mass is 467 g/mol. The second kappa shape index (κ2) is 8.99. The molecule has 1 fully saturated rings. The van der Waals surface area contributed by atoms with E-state index in [0.717, 1.165) is 6.66 Å². The molecule has 0 radical (unpaired) electrons. The third kappa shape index (κ3) is 5.17. The zero-order valence-electron chi connectivity index (χ0n) is 17.7. The van der Waals surface area contributed by atoms with Crippen molar-refractivity contribution >= 4 is 15.0 Å². The summed E-state index contributed by atoms with van der Waals surface area (Å²) in [6.45, 7) is 9.13. The molecule has 3 rings (SSSR count). The average Bonchev–Trinajstić information content (AvgIpc) is 2.66. The molecular weight excluding hydrogens is 440 g/mol. The van der Waals surface area contributed by atoms with Gasteiger partial charge in [0, 0.05) is 37.5 Å². The standard InChI is InChI=1S/C21H27NO7P2/c1-15(2)12-16(3)27-19-9-7-18(8-10-19)20-28-30(4,24)21(23,31(25,26)29-20)13-17-6-5-11-22-14-17/h5-11,14-15,20,23H,3,12-13H2,1-2,4H3,(H,25,26). The quantitative estimate of drug-likeness (QED) is 0.430. The van der Waals surface area contributed by atoms with Crippen molar-refractivity contribution < 1.29 is 32.9 Å². The molecule has 1 aromatic carbocycles. The van der Waals surface area contributed by atoms with E-state index in [1.165, 1.54) is 12.4 Å². The minimum Gasteiger partial charge on any atom is -0.462 e. The normalized spacial score (nSPS) is 30.8. The number of pyridine rings is 1. The van der Waals surface area contributed by atoms with Crippen LogP contribution >= 0.6 is 15.0 Å². The molecule has 2 aromatic rings. The zero-order valence-corrected chi connectivity index (χ0v) is 19.5. The van der Waals surface area contributed by atoms with Crippen LogP contribution in [0.25, 0.3) is 0 Å². The lowest BCUT2D eigenvalue weighted by Crippen LogP contribution is -2.37. The molecule has 4 atom stereocenters. The molecule has 31 heavy (non-hydrogen) atoms. The van der Waals surface area contributed by atoms with Gasteiger partial charge in [-0.05, 0) is 29.7 Å². The van der Waals surface area contributed by atoms with Crippen molar-refractivity contribution in [2.24, 2.45) is 5.92 Å². The van der Waals surface area contributed by atoms with Gasteiger partial charge in [-0.15, -0.1) is 0 Å². The van der Waals surface area contributed by atoms with Crippen LogP contribution in [-0.4, -0.2) is 26.7 Å². The highest BCUT2D eigenvalue weighted by atomic mass is 31.2. The van der Waals surface area contributed by atoms with Crippen molar-refractivity contribution in [3.05, 3.63) is 72.3 Å². The number of rotatable bonds is 7. The van der Waals surface area contributed by atoms with Crippen molar-refractivity contribution in [3.8, 4) is 5.75 Å². The highest BCUT2D eigenvalue weighted by Crippen LogP contribution is 2.79. The summed E-state index contributed by atoms with van der Waals surface area (Å²) < 4.78 is 42.7. The minimum absolute atomic E-state index is 0.363. The predicted molar refractivity (Wildman–Crippen MR) is 117 cm³/mol. The molecule has 1 saturated heterocycles. The second-order valence-corrected chi connectivity index (χ2v) is 13.0. The molecule has 0 spiro atoms. The molecule has 2 heterocycles. The van der Waals surface area contributed by atoms with Crippen molar-refractivity contribution in [2.75, 3.05) is 6.66 Å². The van der Waals surface area contributed by atoms with Gasteiger partial charge in [0.25, 0.3) is 0 Å². The predicted octanol–water partition coefficient (Wildman–Crippen LogP) is 5.05. The highest BCUT2D eigenvalue weighted by Gasteiger charge is 2.64. The molecule has 4 unspecified atom stereocenters. The minimum atomic E-state index is -4.77. The largest absolute Gasteiger partial charge is 0.462 e. The van der Waals surface area contributed by atoms with Gasteiger partial charge in [0.1, 0.15) is 5.75 Å². The van der Waals surface area contributed by atoms with Crippen LogP contribution < -0.4 is 4.74 Å². The lowest BCUT2D eigenvalue weighted by atomic mass is 10.1. The SMILES string of the molecule is C=C(CC(C)C)Oc1ccc(C2OP(C)(=O)C(O)(Cc3cccnc3)P(=O)(O)O2)cc1. The number of nitrogens with zero attached hydrogens (tertiary/aromatic N) is 1. The summed E-state index contributed by atoms with van der Waals surface area (Å²) in [7, 11) is -8.80. The van der Waals surface area contributed by atoms with Gasteiger partial charge < -0.3 is 14.7 Å². The first-order valence-corrected chi connectivity index (χ1v) is 13.4. The maximum Gasteiger partial charge on any atom is 0.372 e. The van der Waals surface area contributed by atoms with E-state index in [0.29, 0.717) is 35.0 Å². The Balaban J connectivity index is 1.79. The number of aromatic nitrogens is 1. The molecule has 0 bridgehead atoms. The van der Waals surface area contributed by atoms with Gasteiger partial charge in [-0.2, -0.15) is 0 Å². The summed E-state index contributed by atoms with van der Waals surface area (Å²) in [5.74, 6) is 1.55. The molecule has 1 aliphatic rings. The van der Waals surface area contributed by atoms with Gasteiger partial charge in [0.15, 0.2) is 6.29 Å². The van der Waals surface area contributed by atoms with Gasteiger partial charge in [-0.1, -0.05) is 38.6 Å². The lowest BCUT2D eigenvalue weighted by molar-refractivity contribution is -0.0439. The van der Waals surface area contributed by atoms with E-state index < -0.39 is 32.8 Å². The van der Waals surface area contributed by atoms with E-state index in [9.17, 15) is 19.1 Å². The third-order valence-electron chi connectivity index (χ3n) is 4.85. The van der Waals surface area contributed by atoms with E-state index >= 15 is 0 Å². The molecule has 0 saturated carbocycles. The number of aliphatic hydroxyl groups is 1. The average molecular weight is 467 g/mol. The first kappa shape index (κ1) is 23.9. The Morgan fingerprint density at radius 1 is 1.26 bits per heavy atom. The van der Waals surface area contributed by atoms with E-state index in [1.54, 1.807) is 36.4 Å². The molecular formula is C21H27NO7P2. The van der Waals surface area contributed by atoms with Gasteiger partial charge in [0.05, 0.1) is 5.76 Å². The van der Waals surface area contributed by atoms with Crippen LogP contribution in [0.2, 0.25) is 0 Å². The summed E-state index contributed by atoms with van der Waals surface area (Å²) in [5, 5.41) is 8.39. The molecule has 1 aromatic heterocycles. The Labute approximate surface area is 181 Å². The Bertz CT molecular complexity index is 998. The van der Waals surface area contributed by atoms with Gasteiger partial charge >= 0.3 is 7.60 Å². The Hall–Kier alpha value is -1.79. The molecule has 168 valence electrons. The van der Waals surface area contributed by atoms with Crippen molar-refractivity contribution in [1.29, 1.82) is 0 Å². The first-order valence-electron chi connectivity index (χ1n) is 9.78. The third-order valence-corrected chi connectivity index (χ3v) is 10.3. The summed E-state index contributed by atoms with van der Waals surface area (Å²) in [5.41, 5.74) is 0.789. The number of benzene rings is 1. The van der Waals surface area contributed by atoms with Gasteiger partial charge in [0.2, 0.25) is 12.5 Å². The summed E-state index contributed by atoms with van der Waals surface area (Å²) in [4.78, 5) is 14.5. The topological polar surface area (TPSA) is 115 Å². The number of hydrogen-bond donors (Lipinski definition) is 2. The van der Waals surface area contributed by atoms with Crippen LogP contribution in [-0.2, 0) is 24.6 Å². The van der Waals surface area contributed by atoms with Gasteiger partial charge in [-0.25, -0.2) is 0 Å². The van der Waals surface area contributed by atoms with E-state index in [1.807, 2.05) is 0 Å². The van der Waals surface area contributed by atoms with Crippen molar-refractivity contribution in [2.45, 2.75) is 38.1 Å². The first-order chi connectivity index (χ1) is 14.4. The number of ether oxygens (including phenoxy) is 1. The van der Waals surface area contributed by atoms with Crippen LogP contribution in [0.5, 0.6) is 5.75 Å². The Kier molecular flexibility index (Phi) is 6.92. The van der Waals surface area contributed by atoms with Gasteiger partial charge in [-0.3, -0.25) is 23.2 Å². The molecule has 0 amide bonds. The second-order valence-electron chi connectivity index (χ2n) is 8.03. The van der Waals surface area contributed by atoms with Crippen molar-refractivity contribution in [3.63, 3.8) is 0 Å². The van der Waals surface area contributed by atoms with Crippen molar-refractivity contribution in [1.82, 2.24) is 4.98 Å². The lowest BCUT2D eigenvalue weighted by Gasteiger charge is -2.43. The molecule has 2 N–H and O–H groups in total. The van der Waals surface area contributed by atoms with E-state index in [4.69, 9.17) is 13.8 Å². The fourth-order valence-electron chi connectivity index (χ4n) is 3.23. The van der Waals surface area contributed by atoms with Crippen LogP contribution in [0.4, 0.5) is 0 Å². The zero-order chi connectivity index (χ0) is 22.9. The Morgan fingerprint density at radius 3 is 2.48 bits per heavy atom. The van der Waals surface area contributed by atoms with Crippen LogP contribution in [0.15, 0.2) is 61.1 Å². The summed E-state index contributed by atoms with van der Waals surface area (Å²) >= 11 is 0. The fraction of sp³-hybridized carbons (Fsp3) is 0.381. The molecule has 1 aliphatic heterocycles. The van der Waals surface area contributed by atoms with Crippen LogP contribution in [0.1, 0.15) is 37.7 Å². The Morgan fingerprint density at radius 2 is 1.94 bits per heavy atom. The van der Waals surface area contributed by atoms with Crippen LogP contribution in [0.3, 0.4) is 0 Å². The maximum atomic E-state index is 13.3. The fourth-order valence-corrected chi connectivity index (χ4v) is 7.56. The van der Waals surface area contributed by atoms with E-state index in [2.05, 4.69) is 25.4 Å². The van der Waals surface area contributed by atoms with Crippen LogP contribution in [0, 0.1) is 5.92 Å². The number of hydrogen-bond acceptors (Lipinski definition) is 7. The van der Waals surface area contributed by atoms with E-state index in [-0.39, 0.29) is 0 Å². The molecule has 0 aliphatic carbocycles.